The largest absolute Gasteiger partial charge is 0.337 e. The van der Waals surface area contributed by atoms with Gasteiger partial charge in [-0.05, 0) is 38.8 Å². The summed E-state index contributed by atoms with van der Waals surface area (Å²) in [6, 6.07) is 0.0832. The fraction of sp³-hybridized carbons (Fsp3) is 0.929. The van der Waals surface area contributed by atoms with Crippen LogP contribution in [0, 0.1) is 0 Å². The third kappa shape index (κ3) is 3.10. The van der Waals surface area contributed by atoms with Crippen LogP contribution in [0.3, 0.4) is 0 Å². The highest BCUT2D eigenvalue weighted by molar-refractivity contribution is 7.88. The van der Waals surface area contributed by atoms with Gasteiger partial charge in [-0.1, -0.05) is 0 Å². The van der Waals surface area contributed by atoms with Gasteiger partial charge >= 0.3 is 0 Å². The number of amides is 1. The molecule has 21 heavy (non-hydrogen) atoms. The number of sulfonamides is 1. The zero-order valence-electron chi connectivity index (χ0n) is 12.7. The molecule has 0 bridgehead atoms. The Morgan fingerprint density at radius 2 is 1.76 bits per heavy atom. The Morgan fingerprint density at radius 3 is 2.43 bits per heavy atom. The summed E-state index contributed by atoms with van der Waals surface area (Å²) >= 11 is 0. The van der Waals surface area contributed by atoms with Gasteiger partial charge in [0.05, 0.1) is 6.26 Å². The summed E-state index contributed by atoms with van der Waals surface area (Å²) in [4.78, 5) is 16.6. The van der Waals surface area contributed by atoms with Crippen molar-refractivity contribution in [1.29, 1.82) is 0 Å². The lowest BCUT2D eigenvalue weighted by molar-refractivity contribution is -0.137. The lowest BCUT2D eigenvalue weighted by atomic mass is 9.97. The van der Waals surface area contributed by atoms with Gasteiger partial charge in [-0.25, -0.2) is 8.42 Å². The molecule has 3 saturated heterocycles. The Hall–Kier alpha value is -0.660. The van der Waals surface area contributed by atoms with Crippen LogP contribution in [0.4, 0.5) is 0 Å². The van der Waals surface area contributed by atoms with E-state index in [-0.39, 0.29) is 18.0 Å². The first kappa shape index (κ1) is 15.2. The maximum Gasteiger partial charge on any atom is 0.222 e. The van der Waals surface area contributed by atoms with Crippen LogP contribution in [-0.4, -0.2) is 79.5 Å². The van der Waals surface area contributed by atoms with Gasteiger partial charge in [-0.2, -0.15) is 4.31 Å². The average molecular weight is 315 g/mol. The van der Waals surface area contributed by atoms with Gasteiger partial charge in [0, 0.05) is 38.1 Å². The standard InChI is InChI=1S/C14H25N3O3S/c1-21(19,20)17-9-6-12-13(17)4-5-14(18)16(12)11-10-15-7-2-3-8-15/h12-13H,2-11H2,1H3. The lowest BCUT2D eigenvalue weighted by Gasteiger charge is -2.39. The van der Waals surface area contributed by atoms with Crippen LogP contribution < -0.4 is 0 Å². The zero-order chi connectivity index (χ0) is 15.0. The number of piperidine rings is 1. The van der Waals surface area contributed by atoms with E-state index in [0.29, 0.717) is 19.4 Å². The van der Waals surface area contributed by atoms with Crippen LogP contribution in [0.25, 0.3) is 0 Å². The predicted molar refractivity (Wildman–Crippen MR) is 80.4 cm³/mol. The van der Waals surface area contributed by atoms with Crippen LogP contribution in [0.15, 0.2) is 0 Å². The third-order valence-corrected chi connectivity index (χ3v) is 6.42. The van der Waals surface area contributed by atoms with Crippen LogP contribution in [0.5, 0.6) is 0 Å². The average Bonchev–Trinajstić information content (AvgIpc) is 3.05. The molecule has 120 valence electrons. The molecule has 0 N–H and O–H groups in total. The predicted octanol–water partition coefficient (Wildman–Crippen LogP) is 0.107. The number of likely N-dealkylation sites (tertiary alicyclic amines) is 2. The highest BCUT2D eigenvalue weighted by Gasteiger charge is 2.46. The highest BCUT2D eigenvalue weighted by atomic mass is 32.2. The molecule has 3 rings (SSSR count). The van der Waals surface area contributed by atoms with Crippen LogP contribution in [-0.2, 0) is 14.8 Å². The second-order valence-electron chi connectivity index (χ2n) is 6.47. The van der Waals surface area contributed by atoms with E-state index >= 15 is 0 Å². The van der Waals surface area contributed by atoms with E-state index in [0.717, 1.165) is 32.6 Å². The molecule has 6 nitrogen and oxygen atoms in total. The minimum Gasteiger partial charge on any atom is -0.337 e. The molecule has 7 heteroatoms. The second-order valence-corrected chi connectivity index (χ2v) is 8.41. The van der Waals surface area contributed by atoms with Gasteiger partial charge in [0.1, 0.15) is 0 Å². The molecule has 2 unspecified atom stereocenters. The fourth-order valence-electron chi connectivity index (χ4n) is 4.07. The van der Waals surface area contributed by atoms with Crippen molar-refractivity contribution in [1.82, 2.24) is 14.1 Å². The minimum absolute atomic E-state index is 0.00345. The molecule has 1 amide bonds. The molecule has 3 heterocycles. The molecule has 0 aliphatic carbocycles. The normalized spacial score (nSPS) is 31.9. The smallest absolute Gasteiger partial charge is 0.222 e. The van der Waals surface area contributed by atoms with Crippen molar-refractivity contribution in [3.05, 3.63) is 0 Å². The third-order valence-electron chi connectivity index (χ3n) is 5.12. The first-order valence-electron chi connectivity index (χ1n) is 7.95. The summed E-state index contributed by atoms with van der Waals surface area (Å²) in [5, 5.41) is 0. The second kappa shape index (κ2) is 5.85. The molecule has 3 aliphatic heterocycles. The Morgan fingerprint density at radius 1 is 1.05 bits per heavy atom. The molecule has 0 spiro atoms. The van der Waals surface area contributed by atoms with Gasteiger partial charge < -0.3 is 9.80 Å². The number of carbonyl (C=O) groups is 1. The van der Waals surface area contributed by atoms with Crippen molar-refractivity contribution < 1.29 is 13.2 Å². The molecule has 3 fully saturated rings. The first-order valence-corrected chi connectivity index (χ1v) is 9.80. The molecule has 0 saturated carbocycles. The first-order chi connectivity index (χ1) is 9.97. The van der Waals surface area contributed by atoms with Crippen LogP contribution in [0.2, 0.25) is 0 Å². The highest BCUT2D eigenvalue weighted by Crippen LogP contribution is 2.32. The van der Waals surface area contributed by atoms with Crippen LogP contribution in [0.1, 0.15) is 32.1 Å². The summed E-state index contributed by atoms with van der Waals surface area (Å²) in [7, 11) is -3.16. The molecular formula is C14H25N3O3S. The molecule has 0 aromatic heterocycles. The van der Waals surface area contributed by atoms with Gasteiger partial charge in [0.25, 0.3) is 0 Å². The maximum absolute atomic E-state index is 12.2. The van der Waals surface area contributed by atoms with E-state index in [1.54, 1.807) is 4.31 Å². The number of hydrogen-bond donors (Lipinski definition) is 0. The minimum atomic E-state index is -3.16. The maximum atomic E-state index is 12.2. The van der Waals surface area contributed by atoms with Crippen molar-refractivity contribution in [3.63, 3.8) is 0 Å². The van der Waals surface area contributed by atoms with Gasteiger partial charge in [-0.3, -0.25) is 4.79 Å². The summed E-state index contributed by atoms with van der Waals surface area (Å²) in [5.41, 5.74) is 0. The lowest BCUT2D eigenvalue weighted by Crippen LogP contribution is -2.54. The fourth-order valence-corrected chi connectivity index (χ4v) is 5.24. The number of carbonyl (C=O) groups excluding carboxylic acids is 1. The van der Waals surface area contributed by atoms with Crippen molar-refractivity contribution in [3.8, 4) is 0 Å². The SMILES string of the molecule is CS(=O)(=O)N1CCC2C1CCC(=O)N2CCN1CCCC1. The number of fused-ring (bicyclic) bond motifs is 1. The van der Waals surface area contributed by atoms with E-state index in [4.69, 9.17) is 0 Å². The summed E-state index contributed by atoms with van der Waals surface area (Å²) < 4.78 is 25.3. The molecule has 0 aromatic carbocycles. The van der Waals surface area contributed by atoms with Crippen LogP contribution >= 0.6 is 0 Å². The van der Waals surface area contributed by atoms with E-state index in [1.807, 2.05) is 4.90 Å². The zero-order valence-corrected chi connectivity index (χ0v) is 13.5. The van der Waals surface area contributed by atoms with Crippen molar-refractivity contribution in [2.45, 2.75) is 44.2 Å². The molecular weight excluding hydrogens is 290 g/mol. The number of hydrogen-bond acceptors (Lipinski definition) is 4. The van der Waals surface area contributed by atoms with Crippen molar-refractivity contribution >= 4 is 15.9 Å². The monoisotopic (exact) mass is 315 g/mol. The van der Waals surface area contributed by atoms with E-state index in [2.05, 4.69) is 4.90 Å². The van der Waals surface area contributed by atoms with E-state index in [1.165, 1.54) is 19.1 Å². The Labute approximate surface area is 127 Å². The topological polar surface area (TPSA) is 60.9 Å². The Kier molecular flexibility index (Phi) is 4.25. The molecule has 3 aliphatic rings. The number of rotatable bonds is 4. The summed E-state index contributed by atoms with van der Waals surface area (Å²) in [6.07, 6.45) is 5.72. The van der Waals surface area contributed by atoms with Gasteiger partial charge in [0.15, 0.2) is 0 Å². The van der Waals surface area contributed by atoms with E-state index < -0.39 is 10.0 Å². The molecule has 0 radical (unpaired) electrons. The summed E-state index contributed by atoms with van der Waals surface area (Å²) in [6.45, 7) is 4.49. The summed E-state index contributed by atoms with van der Waals surface area (Å²) in [5.74, 6) is 0.200. The Balaban J connectivity index is 1.66. The molecule has 0 aromatic rings. The van der Waals surface area contributed by atoms with Gasteiger partial charge in [-0.15, -0.1) is 0 Å². The van der Waals surface area contributed by atoms with E-state index in [9.17, 15) is 13.2 Å². The quantitative estimate of drug-likeness (QED) is 0.739. The van der Waals surface area contributed by atoms with Crippen molar-refractivity contribution in [2.75, 3.05) is 39.0 Å². The number of nitrogens with zero attached hydrogens (tertiary/aromatic N) is 3. The van der Waals surface area contributed by atoms with Crippen molar-refractivity contribution in [2.24, 2.45) is 0 Å². The van der Waals surface area contributed by atoms with Gasteiger partial charge in [0.2, 0.25) is 15.9 Å². The molecule has 2 atom stereocenters. The Bertz CT molecular complexity index is 502.